The number of thioether (sulfide) groups is 1. The molecule has 0 bridgehead atoms. The third-order valence-corrected chi connectivity index (χ3v) is 5.42. The van der Waals surface area contributed by atoms with Gasteiger partial charge < -0.3 is 14.6 Å². The van der Waals surface area contributed by atoms with Crippen LogP contribution >= 0.6 is 11.8 Å². The Morgan fingerprint density at radius 1 is 1.19 bits per heavy atom. The van der Waals surface area contributed by atoms with Gasteiger partial charge in [0.15, 0.2) is 0 Å². The summed E-state index contributed by atoms with van der Waals surface area (Å²) in [6, 6.07) is 11.6. The molecule has 1 aliphatic rings. The summed E-state index contributed by atoms with van der Waals surface area (Å²) < 4.78 is 30.0. The average Bonchev–Trinajstić information content (AvgIpc) is 3.13. The number of furan rings is 1. The van der Waals surface area contributed by atoms with Crippen molar-refractivity contribution in [2.24, 2.45) is 0 Å². The van der Waals surface area contributed by atoms with E-state index in [1.165, 1.54) is 0 Å². The van der Waals surface area contributed by atoms with E-state index in [0.717, 1.165) is 42.8 Å². The Morgan fingerprint density at radius 2 is 1.85 bits per heavy atom. The minimum atomic E-state index is -2.38. The molecule has 2 aromatic rings. The van der Waals surface area contributed by atoms with Gasteiger partial charge in [0.05, 0.1) is 12.3 Å². The third kappa shape index (κ3) is 5.81. The van der Waals surface area contributed by atoms with Crippen LogP contribution in [0.15, 0.2) is 40.8 Å². The van der Waals surface area contributed by atoms with Gasteiger partial charge in [0.25, 0.3) is 11.7 Å². The Balaban J connectivity index is 1.42. The maximum atomic E-state index is 12.5. The van der Waals surface area contributed by atoms with E-state index >= 15 is 0 Å². The maximum absolute atomic E-state index is 12.5. The van der Waals surface area contributed by atoms with E-state index in [1.54, 1.807) is 6.07 Å². The van der Waals surface area contributed by atoms with Crippen LogP contribution in [0.5, 0.6) is 0 Å². The van der Waals surface area contributed by atoms with Crippen LogP contribution in [-0.2, 0) is 12.3 Å². The molecule has 4 nitrogen and oxygen atoms in total. The molecule has 1 amide bonds. The summed E-state index contributed by atoms with van der Waals surface area (Å²) >= 11 is 0.561. The Hall–Kier alpha value is -1.86. The number of likely N-dealkylation sites (tertiary alicyclic amines) is 1. The van der Waals surface area contributed by atoms with Crippen LogP contribution in [0.4, 0.5) is 8.78 Å². The van der Waals surface area contributed by atoms with Crippen molar-refractivity contribution in [2.45, 2.75) is 43.9 Å². The highest BCUT2D eigenvalue weighted by Gasteiger charge is 2.23. The van der Waals surface area contributed by atoms with Crippen molar-refractivity contribution < 1.29 is 18.0 Å². The maximum Gasteiger partial charge on any atom is 0.284 e. The molecule has 1 aliphatic heterocycles. The molecule has 0 aliphatic carbocycles. The third-order valence-electron chi connectivity index (χ3n) is 4.71. The van der Waals surface area contributed by atoms with Gasteiger partial charge in [-0.3, -0.25) is 4.79 Å². The summed E-state index contributed by atoms with van der Waals surface area (Å²) in [7, 11) is 0. The largest absolute Gasteiger partial charge is 0.464 e. The van der Waals surface area contributed by atoms with Gasteiger partial charge in [-0.15, -0.1) is 0 Å². The number of hydrogen-bond acceptors (Lipinski definition) is 4. The molecule has 1 fully saturated rings. The Morgan fingerprint density at radius 3 is 2.52 bits per heavy atom. The Bertz CT molecular complexity index is 741. The fourth-order valence-corrected chi connectivity index (χ4v) is 3.60. The molecule has 2 heterocycles. The average molecular weight is 394 g/mol. The highest BCUT2D eigenvalue weighted by atomic mass is 32.2. The quantitative estimate of drug-likeness (QED) is 0.754. The summed E-state index contributed by atoms with van der Waals surface area (Å²) in [4.78, 5) is 14.4. The predicted molar refractivity (Wildman–Crippen MR) is 103 cm³/mol. The molecule has 0 saturated carbocycles. The van der Waals surface area contributed by atoms with Crippen LogP contribution in [0.2, 0.25) is 0 Å². The number of aryl methyl sites for hydroxylation is 1. The van der Waals surface area contributed by atoms with Crippen LogP contribution in [0.3, 0.4) is 0 Å². The standard InChI is InChI=1S/C20H24F2N2O2S/c1-14-2-4-15(5-3-14)19(25)24-10-8-16(9-11-24)23-12-17-6-7-18(26-17)13-27-20(21)22/h2-7,16,20,23H,8-13H2,1H3. The molecule has 0 unspecified atom stereocenters. The van der Waals surface area contributed by atoms with Gasteiger partial charge >= 0.3 is 0 Å². The van der Waals surface area contributed by atoms with Crippen molar-refractivity contribution in [3.63, 3.8) is 0 Å². The summed E-state index contributed by atoms with van der Waals surface area (Å²) in [6.45, 7) is 4.01. The molecule has 1 N–H and O–H groups in total. The normalized spacial score (nSPS) is 15.5. The van der Waals surface area contributed by atoms with Crippen LogP contribution in [-0.4, -0.2) is 35.7 Å². The van der Waals surface area contributed by atoms with Crippen molar-refractivity contribution in [1.29, 1.82) is 0 Å². The fourth-order valence-electron chi connectivity index (χ4n) is 3.15. The molecule has 7 heteroatoms. The lowest BCUT2D eigenvalue weighted by molar-refractivity contribution is 0.0704. The van der Waals surface area contributed by atoms with Gasteiger partial charge in [-0.05, 0) is 44.0 Å². The number of carbonyl (C=O) groups excluding carboxylic acids is 1. The van der Waals surface area contributed by atoms with Gasteiger partial charge in [-0.1, -0.05) is 29.5 Å². The van der Waals surface area contributed by atoms with E-state index in [9.17, 15) is 13.6 Å². The first kappa shape index (κ1) is 19.9. The number of nitrogens with one attached hydrogen (secondary N) is 1. The van der Waals surface area contributed by atoms with Gasteiger partial charge in [0.2, 0.25) is 0 Å². The monoisotopic (exact) mass is 394 g/mol. The lowest BCUT2D eigenvalue weighted by atomic mass is 10.0. The predicted octanol–water partition coefficient (Wildman–Crippen LogP) is 4.44. The molecule has 3 rings (SSSR count). The summed E-state index contributed by atoms with van der Waals surface area (Å²) in [5.41, 5.74) is 1.88. The summed E-state index contributed by atoms with van der Waals surface area (Å²) in [5.74, 6) is -0.809. The first-order valence-corrected chi connectivity index (χ1v) is 10.1. The topological polar surface area (TPSA) is 45.5 Å². The number of rotatable bonds is 7. The summed E-state index contributed by atoms with van der Waals surface area (Å²) in [5, 5.41) is 3.44. The molecule has 146 valence electrons. The Labute approximate surface area is 162 Å². The molecule has 0 radical (unpaired) electrons. The SMILES string of the molecule is Cc1ccc(C(=O)N2CCC(NCc3ccc(CSC(F)F)o3)CC2)cc1. The second kappa shape index (κ2) is 9.37. The molecule has 1 saturated heterocycles. The van der Waals surface area contributed by atoms with Crippen LogP contribution in [0.25, 0.3) is 0 Å². The number of halogens is 2. The molecule has 0 spiro atoms. The number of nitrogens with zero attached hydrogens (tertiary/aromatic N) is 1. The van der Waals surface area contributed by atoms with E-state index in [1.807, 2.05) is 42.2 Å². The highest BCUT2D eigenvalue weighted by molar-refractivity contribution is 7.98. The van der Waals surface area contributed by atoms with Crippen LogP contribution in [0.1, 0.15) is 40.3 Å². The van der Waals surface area contributed by atoms with E-state index in [2.05, 4.69) is 5.32 Å². The number of carbonyl (C=O) groups is 1. The van der Waals surface area contributed by atoms with E-state index in [-0.39, 0.29) is 11.7 Å². The zero-order chi connectivity index (χ0) is 19.2. The van der Waals surface area contributed by atoms with Crippen molar-refractivity contribution in [2.75, 3.05) is 13.1 Å². The second-order valence-electron chi connectivity index (χ2n) is 6.75. The number of hydrogen-bond donors (Lipinski definition) is 1. The number of piperidine rings is 1. The fraction of sp³-hybridized carbons (Fsp3) is 0.450. The summed E-state index contributed by atoms with van der Waals surface area (Å²) in [6.07, 6.45) is 1.76. The number of alkyl halides is 2. The minimum absolute atomic E-state index is 0.0839. The zero-order valence-electron chi connectivity index (χ0n) is 15.3. The molecule has 1 aromatic carbocycles. The van der Waals surface area contributed by atoms with Gasteiger partial charge in [0.1, 0.15) is 11.5 Å². The Kier molecular flexibility index (Phi) is 6.90. The van der Waals surface area contributed by atoms with Crippen molar-refractivity contribution in [1.82, 2.24) is 10.2 Å². The molecule has 0 atom stereocenters. The van der Waals surface area contributed by atoms with Gasteiger partial charge in [0, 0.05) is 24.7 Å². The molecule has 1 aromatic heterocycles. The first-order valence-electron chi connectivity index (χ1n) is 9.08. The lowest BCUT2D eigenvalue weighted by Gasteiger charge is -2.32. The van der Waals surface area contributed by atoms with Crippen LogP contribution < -0.4 is 5.32 Å². The van der Waals surface area contributed by atoms with Crippen molar-refractivity contribution >= 4 is 17.7 Å². The highest BCUT2D eigenvalue weighted by Crippen LogP contribution is 2.21. The van der Waals surface area contributed by atoms with Crippen LogP contribution in [0, 0.1) is 6.92 Å². The second-order valence-corrected chi connectivity index (χ2v) is 7.73. The molecular weight excluding hydrogens is 370 g/mol. The number of benzene rings is 1. The van der Waals surface area contributed by atoms with Crippen molar-refractivity contribution in [3.05, 3.63) is 59.0 Å². The minimum Gasteiger partial charge on any atom is -0.464 e. The molecule has 27 heavy (non-hydrogen) atoms. The van der Waals surface area contributed by atoms with E-state index in [0.29, 0.717) is 30.1 Å². The smallest absolute Gasteiger partial charge is 0.284 e. The van der Waals surface area contributed by atoms with Crippen molar-refractivity contribution in [3.8, 4) is 0 Å². The first-order chi connectivity index (χ1) is 13.0. The molecular formula is C20H24F2N2O2S. The van der Waals surface area contributed by atoms with E-state index in [4.69, 9.17) is 4.42 Å². The zero-order valence-corrected chi connectivity index (χ0v) is 16.1. The number of amides is 1. The van der Waals surface area contributed by atoms with Gasteiger partial charge in [-0.2, -0.15) is 8.78 Å². The lowest BCUT2D eigenvalue weighted by Crippen LogP contribution is -2.44. The van der Waals surface area contributed by atoms with E-state index < -0.39 is 5.76 Å². The van der Waals surface area contributed by atoms with Gasteiger partial charge in [-0.25, -0.2) is 0 Å².